The third kappa shape index (κ3) is 3.89. The first kappa shape index (κ1) is 16.4. The predicted molar refractivity (Wildman–Crippen MR) is 83.1 cm³/mol. The van der Waals surface area contributed by atoms with Crippen LogP contribution in [0.5, 0.6) is 0 Å². The fraction of sp³-hybridized carbons (Fsp3) is 0.857. The maximum absolute atomic E-state index is 12.5. The lowest BCUT2D eigenvalue weighted by atomic mass is 10.1. The van der Waals surface area contributed by atoms with Gasteiger partial charge in [-0.05, 0) is 45.8 Å². The zero-order valence-corrected chi connectivity index (χ0v) is 13.3. The molecule has 2 N–H and O–H groups in total. The normalized spacial score (nSPS) is 16.4. The van der Waals surface area contributed by atoms with Crippen LogP contribution in [-0.4, -0.2) is 53.4 Å². The van der Waals surface area contributed by atoms with E-state index in [0.29, 0.717) is 4.99 Å². The zero-order chi connectivity index (χ0) is 14.5. The van der Waals surface area contributed by atoms with Crippen molar-refractivity contribution >= 4 is 23.1 Å². The molecule has 0 aromatic carbocycles. The molecular formula is C14H27N3OS. The predicted octanol–water partition coefficient (Wildman–Crippen LogP) is 1.63. The van der Waals surface area contributed by atoms with Crippen LogP contribution in [0.1, 0.15) is 40.0 Å². The second kappa shape index (κ2) is 7.20. The average Bonchev–Trinajstić information content (AvgIpc) is 3.20. The van der Waals surface area contributed by atoms with Gasteiger partial charge in [-0.15, -0.1) is 0 Å². The Kier molecular flexibility index (Phi) is 6.20. The molecule has 1 rings (SSSR count). The molecule has 0 radical (unpaired) electrons. The summed E-state index contributed by atoms with van der Waals surface area (Å²) in [5.41, 5.74) is 5.22. The van der Waals surface area contributed by atoms with Crippen LogP contribution in [0.15, 0.2) is 0 Å². The third-order valence-corrected chi connectivity index (χ3v) is 4.49. The van der Waals surface area contributed by atoms with Gasteiger partial charge in [0.2, 0.25) is 5.91 Å². The van der Waals surface area contributed by atoms with E-state index in [2.05, 4.69) is 18.7 Å². The van der Waals surface area contributed by atoms with E-state index in [9.17, 15) is 4.79 Å². The molecule has 19 heavy (non-hydrogen) atoms. The molecule has 0 atom stereocenters. The van der Waals surface area contributed by atoms with E-state index in [1.165, 1.54) is 0 Å². The van der Waals surface area contributed by atoms with Gasteiger partial charge >= 0.3 is 0 Å². The number of amides is 1. The van der Waals surface area contributed by atoms with Gasteiger partial charge in [0.05, 0.1) is 10.4 Å². The lowest BCUT2D eigenvalue weighted by Gasteiger charge is -2.27. The van der Waals surface area contributed by atoms with Gasteiger partial charge in [0, 0.05) is 13.1 Å². The maximum Gasteiger partial charge on any atom is 0.235 e. The number of hydrogen-bond donors (Lipinski definition) is 1. The molecule has 0 saturated heterocycles. The van der Waals surface area contributed by atoms with Crippen LogP contribution in [0.25, 0.3) is 0 Å². The summed E-state index contributed by atoms with van der Waals surface area (Å²) in [6.45, 7) is 11.1. The summed E-state index contributed by atoms with van der Waals surface area (Å²) in [4.78, 5) is 17.1. The molecule has 1 aliphatic carbocycles. The summed E-state index contributed by atoms with van der Waals surface area (Å²) in [5.74, 6) is 0.141. The molecule has 1 amide bonds. The first-order valence-electron chi connectivity index (χ1n) is 7.33. The number of nitrogens with two attached hydrogens (primary N) is 1. The minimum Gasteiger partial charge on any atom is -0.392 e. The number of thiocarbonyl (C=S) groups is 1. The van der Waals surface area contributed by atoms with Gasteiger partial charge in [0.25, 0.3) is 0 Å². The minimum absolute atomic E-state index is 0.141. The topological polar surface area (TPSA) is 49.6 Å². The van der Waals surface area contributed by atoms with Gasteiger partial charge in [-0.1, -0.05) is 26.1 Å². The fourth-order valence-corrected chi connectivity index (χ4v) is 2.71. The molecule has 1 saturated carbocycles. The molecule has 0 aromatic rings. The van der Waals surface area contributed by atoms with Crippen molar-refractivity contribution in [2.45, 2.75) is 40.0 Å². The van der Waals surface area contributed by atoms with E-state index in [-0.39, 0.29) is 5.91 Å². The SMILES string of the molecule is CCN(CC)CCCN(CC)C(=O)C1(C(N)=S)CC1. The number of hydrogen-bond acceptors (Lipinski definition) is 3. The molecule has 5 heteroatoms. The number of nitrogens with zero attached hydrogens (tertiary/aromatic N) is 2. The number of carbonyl (C=O) groups is 1. The molecule has 0 aromatic heterocycles. The lowest BCUT2D eigenvalue weighted by molar-refractivity contribution is -0.134. The second-order valence-electron chi connectivity index (χ2n) is 5.21. The summed E-state index contributed by atoms with van der Waals surface area (Å²) in [6, 6.07) is 0. The van der Waals surface area contributed by atoms with Crippen molar-refractivity contribution in [2.24, 2.45) is 11.1 Å². The van der Waals surface area contributed by atoms with Crippen LogP contribution < -0.4 is 5.73 Å². The van der Waals surface area contributed by atoms with Crippen LogP contribution >= 0.6 is 12.2 Å². The minimum atomic E-state index is -0.499. The molecule has 1 fully saturated rings. The van der Waals surface area contributed by atoms with Gasteiger partial charge in [-0.25, -0.2) is 0 Å². The van der Waals surface area contributed by atoms with Crippen LogP contribution in [0, 0.1) is 5.41 Å². The molecule has 0 heterocycles. The highest BCUT2D eigenvalue weighted by Gasteiger charge is 2.54. The Hall–Kier alpha value is -0.680. The van der Waals surface area contributed by atoms with E-state index in [4.69, 9.17) is 18.0 Å². The molecule has 0 aliphatic heterocycles. The van der Waals surface area contributed by atoms with Crippen molar-refractivity contribution in [1.29, 1.82) is 0 Å². The first-order valence-corrected chi connectivity index (χ1v) is 7.74. The van der Waals surface area contributed by atoms with Crippen molar-refractivity contribution < 1.29 is 4.79 Å². The summed E-state index contributed by atoms with van der Waals surface area (Å²) in [7, 11) is 0. The maximum atomic E-state index is 12.5. The van der Waals surface area contributed by atoms with Gasteiger partial charge in [-0.2, -0.15) is 0 Å². The third-order valence-electron chi connectivity index (χ3n) is 4.10. The Morgan fingerprint density at radius 3 is 2.11 bits per heavy atom. The van der Waals surface area contributed by atoms with Crippen molar-refractivity contribution in [3.63, 3.8) is 0 Å². The summed E-state index contributed by atoms with van der Waals surface area (Å²) >= 11 is 5.05. The second-order valence-corrected chi connectivity index (χ2v) is 5.65. The summed E-state index contributed by atoms with van der Waals surface area (Å²) < 4.78 is 0. The Bertz CT molecular complexity index is 325. The van der Waals surface area contributed by atoms with Gasteiger partial charge in [0.1, 0.15) is 0 Å². The van der Waals surface area contributed by atoms with Crippen LogP contribution in [0.3, 0.4) is 0 Å². The van der Waals surface area contributed by atoms with E-state index in [0.717, 1.165) is 52.0 Å². The zero-order valence-electron chi connectivity index (χ0n) is 12.4. The highest BCUT2D eigenvalue weighted by molar-refractivity contribution is 7.80. The van der Waals surface area contributed by atoms with Crippen molar-refractivity contribution in [2.75, 3.05) is 32.7 Å². The smallest absolute Gasteiger partial charge is 0.235 e. The van der Waals surface area contributed by atoms with Crippen molar-refractivity contribution in [1.82, 2.24) is 9.80 Å². The molecule has 0 spiro atoms. The quantitative estimate of drug-likeness (QED) is 0.654. The van der Waals surface area contributed by atoms with E-state index in [1.54, 1.807) is 0 Å². The molecule has 0 unspecified atom stereocenters. The number of rotatable bonds is 9. The van der Waals surface area contributed by atoms with Gasteiger partial charge in [0.15, 0.2) is 0 Å². The largest absolute Gasteiger partial charge is 0.392 e. The van der Waals surface area contributed by atoms with Gasteiger partial charge in [-0.3, -0.25) is 4.79 Å². The van der Waals surface area contributed by atoms with Crippen LogP contribution in [0.4, 0.5) is 0 Å². The van der Waals surface area contributed by atoms with E-state index in [1.807, 2.05) is 11.8 Å². The molecular weight excluding hydrogens is 258 g/mol. The van der Waals surface area contributed by atoms with E-state index >= 15 is 0 Å². The first-order chi connectivity index (χ1) is 9.01. The van der Waals surface area contributed by atoms with Crippen molar-refractivity contribution in [3.8, 4) is 0 Å². The molecule has 4 nitrogen and oxygen atoms in total. The molecule has 0 bridgehead atoms. The highest BCUT2D eigenvalue weighted by atomic mass is 32.1. The fourth-order valence-electron chi connectivity index (χ4n) is 2.42. The molecule has 110 valence electrons. The average molecular weight is 285 g/mol. The van der Waals surface area contributed by atoms with Crippen LogP contribution in [-0.2, 0) is 4.79 Å². The van der Waals surface area contributed by atoms with E-state index < -0.39 is 5.41 Å². The standard InChI is InChI=1S/C14H27N3OS/c1-4-16(5-2)10-7-11-17(6-3)13(18)14(8-9-14)12(15)19/h4-11H2,1-3H3,(H2,15,19). The highest BCUT2D eigenvalue weighted by Crippen LogP contribution is 2.47. The lowest BCUT2D eigenvalue weighted by Crippen LogP contribution is -2.43. The monoisotopic (exact) mass is 285 g/mol. The Labute approximate surface area is 122 Å². The number of carbonyl (C=O) groups excluding carboxylic acids is 1. The summed E-state index contributed by atoms with van der Waals surface area (Å²) in [5, 5.41) is 0. The van der Waals surface area contributed by atoms with Crippen LogP contribution in [0.2, 0.25) is 0 Å². The Morgan fingerprint density at radius 2 is 1.74 bits per heavy atom. The summed E-state index contributed by atoms with van der Waals surface area (Å²) in [6.07, 6.45) is 2.66. The Balaban J connectivity index is 2.46. The van der Waals surface area contributed by atoms with Gasteiger partial charge < -0.3 is 15.5 Å². The molecule has 1 aliphatic rings. The van der Waals surface area contributed by atoms with Crippen molar-refractivity contribution in [3.05, 3.63) is 0 Å². The Morgan fingerprint density at radius 1 is 1.16 bits per heavy atom.